The van der Waals surface area contributed by atoms with Crippen molar-refractivity contribution in [1.29, 1.82) is 0 Å². The topological polar surface area (TPSA) is 42.4 Å². The summed E-state index contributed by atoms with van der Waals surface area (Å²) in [6.07, 6.45) is 14.3. The lowest BCUT2D eigenvalue weighted by atomic mass is 10.1. The van der Waals surface area contributed by atoms with Crippen molar-refractivity contribution in [3.05, 3.63) is 111 Å². The van der Waals surface area contributed by atoms with E-state index in [1.165, 1.54) is 15.5 Å². The predicted molar refractivity (Wildman–Crippen MR) is 159 cm³/mol. The Morgan fingerprint density at radius 2 is 1.89 bits per heavy atom. The molecule has 0 aromatic heterocycles. The zero-order chi connectivity index (χ0) is 26.4. The number of allylic oxidation sites excluding steroid dienone is 2. The van der Waals surface area contributed by atoms with Crippen molar-refractivity contribution in [1.82, 2.24) is 14.8 Å². The standard InChI is InChI=1S/C29H27Cl2N5OS/c1-3-15-33(16-20-11-13-21(30)14-12-20)29(37)36-27-18-34(25-9-5-4-8-24(25)31)17-23-22-7-6-10-26(22)38(2)28(23)35(27)19-32-36/h4-6,8-14,17-19H,3,7,15-16H2,1-2H3. The first-order valence-corrected chi connectivity index (χ1v) is 14.9. The molecule has 6 rings (SSSR count). The molecule has 194 valence electrons. The third-order valence-corrected chi connectivity index (χ3v) is 9.53. The maximum atomic E-state index is 14.0. The number of halogens is 2. The molecule has 0 N–H and O–H groups in total. The van der Waals surface area contributed by atoms with Crippen molar-refractivity contribution in [3.63, 3.8) is 0 Å². The van der Waals surface area contributed by atoms with Gasteiger partial charge < -0.3 is 9.80 Å². The Kier molecular flexibility index (Phi) is 6.68. The van der Waals surface area contributed by atoms with Gasteiger partial charge in [0.1, 0.15) is 6.34 Å². The highest BCUT2D eigenvalue weighted by atomic mass is 35.5. The Morgan fingerprint density at radius 1 is 1.11 bits per heavy atom. The Hall–Kier alpha value is -3.26. The van der Waals surface area contributed by atoms with E-state index in [9.17, 15) is 4.79 Å². The molecule has 3 heterocycles. The third kappa shape index (κ3) is 4.28. The Morgan fingerprint density at radius 3 is 2.66 bits per heavy atom. The summed E-state index contributed by atoms with van der Waals surface area (Å²) in [7, 11) is -0.158. The first-order valence-electron chi connectivity index (χ1n) is 12.5. The lowest BCUT2D eigenvalue weighted by Crippen LogP contribution is -2.41. The van der Waals surface area contributed by atoms with Crippen molar-refractivity contribution >= 4 is 56.7 Å². The largest absolute Gasteiger partial charge is 0.347 e. The van der Waals surface area contributed by atoms with Gasteiger partial charge in [-0.2, -0.15) is 10.1 Å². The number of amides is 2. The first-order chi connectivity index (χ1) is 18.5. The molecule has 1 unspecified atom stereocenters. The molecule has 0 saturated carbocycles. The van der Waals surface area contributed by atoms with Gasteiger partial charge in [-0.05, 0) is 54.5 Å². The Bertz CT molecular complexity index is 1510. The van der Waals surface area contributed by atoms with E-state index in [0.717, 1.165) is 34.7 Å². The van der Waals surface area contributed by atoms with Gasteiger partial charge >= 0.3 is 6.03 Å². The predicted octanol–water partition coefficient (Wildman–Crippen LogP) is 7.35. The number of anilines is 1. The van der Waals surface area contributed by atoms with E-state index in [4.69, 9.17) is 23.2 Å². The zero-order valence-electron chi connectivity index (χ0n) is 21.1. The average Bonchev–Trinajstić information content (AvgIpc) is 3.59. The van der Waals surface area contributed by atoms with E-state index in [2.05, 4.69) is 41.5 Å². The second-order valence-corrected chi connectivity index (χ2v) is 12.1. The number of hydrazone groups is 1. The average molecular weight is 565 g/mol. The number of carbonyl (C=O) groups excluding carboxylic acids is 1. The summed E-state index contributed by atoms with van der Waals surface area (Å²) in [6.45, 7) is 3.14. The van der Waals surface area contributed by atoms with Crippen LogP contribution in [0, 0.1) is 0 Å². The van der Waals surface area contributed by atoms with Crippen LogP contribution in [0.15, 0.2) is 100 Å². The summed E-state index contributed by atoms with van der Waals surface area (Å²) in [4.78, 5) is 22.4. The van der Waals surface area contributed by atoms with E-state index in [1.54, 1.807) is 6.34 Å². The number of fused-ring (bicyclic) bond motifs is 4. The van der Waals surface area contributed by atoms with Crippen molar-refractivity contribution in [2.24, 2.45) is 5.10 Å². The maximum absolute atomic E-state index is 14.0. The number of benzene rings is 2. The molecule has 1 aliphatic carbocycles. The van der Waals surface area contributed by atoms with Crippen molar-refractivity contribution in [3.8, 4) is 0 Å². The van der Waals surface area contributed by atoms with E-state index in [0.29, 0.717) is 29.0 Å². The van der Waals surface area contributed by atoms with Crippen molar-refractivity contribution in [2.75, 3.05) is 17.7 Å². The van der Waals surface area contributed by atoms with Gasteiger partial charge in [-0.3, -0.25) is 4.90 Å². The summed E-state index contributed by atoms with van der Waals surface area (Å²) in [5.74, 6) is 0.679. The van der Waals surface area contributed by atoms with Crippen LogP contribution in [0.5, 0.6) is 0 Å². The summed E-state index contributed by atoms with van der Waals surface area (Å²) in [5, 5.41) is 7.45. The highest BCUT2D eigenvalue weighted by Gasteiger charge is 2.40. The summed E-state index contributed by atoms with van der Waals surface area (Å²) < 4.78 is 0. The van der Waals surface area contributed by atoms with Crippen molar-refractivity contribution in [2.45, 2.75) is 26.3 Å². The van der Waals surface area contributed by atoms with Crippen LogP contribution >= 0.6 is 33.7 Å². The number of urea groups is 1. The second-order valence-electron chi connectivity index (χ2n) is 9.40. The molecule has 1 atom stereocenters. The van der Waals surface area contributed by atoms with Gasteiger partial charge in [0.05, 0.1) is 21.9 Å². The van der Waals surface area contributed by atoms with Crippen LogP contribution in [0.4, 0.5) is 10.5 Å². The van der Waals surface area contributed by atoms with Gasteiger partial charge in [0.2, 0.25) is 0 Å². The molecule has 0 fully saturated rings. The van der Waals surface area contributed by atoms with Crippen LogP contribution in [0.2, 0.25) is 10.0 Å². The molecule has 9 heteroatoms. The minimum atomic E-state index is -0.177. The second kappa shape index (κ2) is 10.1. The van der Waals surface area contributed by atoms with E-state index >= 15 is 0 Å². The molecular weight excluding hydrogens is 537 g/mol. The number of hydrogen-bond acceptors (Lipinski definition) is 4. The summed E-state index contributed by atoms with van der Waals surface area (Å²) >= 11 is 12.7. The fourth-order valence-corrected chi connectivity index (χ4v) is 7.50. The molecular formula is C29H27Cl2N5OS. The van der Waals surface area contributed by atoms with Crippen LogP contribution in [0.3, 0.4) is 0 Å². The van der Waals surface area contributed by atoms with Crippen LogP contribution in [-0.2, 0) is 6.54 Å². The van der Waals surface area contributed by atoms with Crippen LogP contribution in [0.25, 0.3) is 0 Å². The minimum absolute atomic E-state index is 0.158. The number of nitrogens with zero attached hydrogens (tertiary/aromatic N) is 5. The molecule has 0 spiro atoms. The molecule has 2 aromatic rings. The molecule has 3 aliphatic heterocycles. The molecule has 0 radical (unpaired) electrons. The SMILES string of the molecule is CCCN(Cc1ccc(Cl)cc1)C(=O)N1N=CN2C1=CN(c1ccccc1Cl)C=C1C3=C(C=CC3)S(C)=C12. The normalized spacial score (nSPS) is 19.4. The lowest BCUT2D eigenvalue weighted by Gasteiger charge is -2.29. The van der Waals surface area contributed by atoms with Crippen LogP contribution in [-0.4, -0.2) is 45.0 Å². The lowest BCUT2D eigenvalue weighted by molar-refractivity contribution is 0.162. The number of carbonyl (C=O) groups is 1. The van der Waals surface area contributed by atoms with Gasteiger partial charge in [0.15, 0.2) is 5.82 Å². The Balaban J connectivity index is 1.40. The van der Waals surface area contributed by atoms with E-state index < -0.39 is 0 Å². The summed E-state index contributed by atoms with van der Waals surface area (Å²) in [6, 6.07) is 15.2. The maximum Gasteiger partial charge on any atom is 0.347 e. The Labute approximate surface area is 235 Å². The number of para-hydroxylation sites is 1. The summed E-state index contributed by atoms with van der Waals surface area (Å²) in [5.41, 5.74) is 4.35. The van der Waals surface area contributed by atoms with Gasteiger partial charge in [-0.1, -0.05) is 66.5 Å². The highest BCUT2D eigenvalue weighted by molar-refractivity contribution is 8.19. The van der Waals surface area contributed by atoms with E-state index in [1.807, 2.05) is 64.5 Å². The first kappa shape index (κ1) is 25.0. The quantitative estimate of drug-likeness (QED) is 0.357. The molecule has 0 bridgehead atoms. The number of rotatable bonds is 5. The molecule has 4 aliphatic rings. The molecule has 2 amide bonds. The molecule has 6 nitrogen and oxygen atoms in total. The minimum Gasteiger partial charge on any atom is -0.318 e. The monoisotopic (exact) mass is 563 g/mol. The third-order valence-electron chi connectivity index (χ3n) is 6.91. The smallest absolute Gasteiger partial charge is 0.318 e. The molecule has 2 aromatic carbocycles. The zero-order valence-corrected chi connectivity index (χ0v) is 23.5. The highest BCUT2D eigenvalue weighted by Crippen LogP contribution is 2.48. The molecule has 38 heavy (non-hydrogen) atoms. The fourth-order valence-electron chi connectivity index (χ4n) is 5.12. The van der Waals surface area contributed by atoms with Gasteiger partial charge in [0, 0.05) is 34.8 Å². The van der Waals surface area contributed by atoms with Gasteiger partial charge in [-0.15, -0.1) is 10.5 Å². The van der Waals surface area contributed by atoms with Crippen molar-refractivity contribution < 1.29 is 4.79 Å². The van der Waals surface area contributed by atoms with Gasteiger partial charge in [0.25, 0.3) is 0 Å². The molecule has 0 saturated heterocycles. The van der Waals surface area contributed by atoms with Gasteiger partial charge in [-0.25, -0.2) is 4.79 Å². The van der Waals surface area contributed by atoms with Crippen LogP contribution in [0.1, 0.15) is 25.3 Å². The van der Waals surface area contributed by atoms with Crippen LogP contribution < -0.4 is 4.90 Å². The fraction of sp³-hybridized carbons (Fsp3) is 0.207. The van der Waals surface area contributed by atoms with E-state index in [-0.39, 0.29) is 16.5 Å². The number of hydrogen-bond donors (Lipinski definition) is 0.